The van der Waals surface area contributed by atoms with Crippen LogP contribution in [0.2, 0.25) is 0 Å². The van der Waals surface area contributed by atoms with Crippen LogP contribution in [-0.2, 0) is 6.42 Å². The Morgan fingerprint density at radius 3 is 2.37 bits per heavy atom. The van der Waals surface area contributed by atoms with Crippen molar-refractivity contribution in [3.63, 3.8) is 0 Å². The molecule has 0 bridgehead atoms. The molecule has 0 spiro atoms. The monoisotopic (exact) mass is 264 g/mol. The van der Waals surface area contributed by atoms with E-state index in [2.05, 4.69) is 0 Å². The first-order valence-corrected chi connectivity index (χ1v) is 5.86. The number of methoxy groups -OCH3 is 1. The third kappa shape index (κ3) is 3.29. The second kappa shape index (κ2) is 5.80. The van der Waals surface area contributed by atoms with Crippen molar-refractivity contribution in [3.8, 4) is 5.75 Å². The van der Waals surface area contributed by atoms with E-state index in [9.17, 15) is 13.9 Å². The summed E-state index contributed by atoms with van der Waals surface area (Å²) < 4.78 is 31.1. The average molecular weight is 264 g/mol. The van der Waals surface area contributed by atoms with E-state index in [4.69, 9.17) is 4.74 Å². The van der Waals surface area contributed by atoms with Crippen molar-refractivity contribution < 1.29 is 18.6 Å². The first-order valence-electron chi connectivity index (χ1n) is 5.86. The van der Waals surface area contributed by atoms with Gasteiger partial charge in [0.15, 0.2) is 11.6 Å². The lowest BCUT2D eigenvalue weighted by atomic mass is 10.0. The highest BCUT2D eigenvalue weighted by molar-refractivity contribution is 5.31. The number of aliphatic hydroxyl groups is 1. The molecule has 0 aromatic heterocycles. The SMILES string of the molecule is COc1ccc(C(O)Cc2ccc(F)cc2)cc1F. The van der Waals surface area contributed by atoms with Crippen molar-refractivity contribution in [3.05, 3.63) is 65.2 Å². The summed E-state index contributed by atoms with van der Waals surface area (Å²) in [4.78, 5) is 0. The molecule has 2 rings (SSSR count). The van der Waals surface area contributed by atoms with Crippen molar-refractivity contribution in [1.82, 2.24) is 0 Å². The second-order valence-electron chi connectivity index (χ2n) is 4.24. The number of halogens is 2. The molecule has 2 nitrogen and oxygen atoms in total. The zero-order chi connectivity index (χ0) is 13.8. The van der Waals surface area contributed by atoms with E-state index in [1.54, 1.807) is 18.2 Å². The Balaban J connectivity index is 2.13. The number of hydrogen-bond donors (Lipinski definition) is 1. The Morgan fingerprint density at radius 2 is 1.79 bits per heavy atom. The molecule has 1 unspecified atom stereocenters. The molecule has 0 aliphatic heterocycles. The van der Waals surface area contributed by atoms with E-state index in [-0.39, 0.29) is 11.6 Å². The van der Waals surface area contributed by atoms with Crippen molar-refractivity contribution in [1.29, 1.82) is 0 Å². The van der Waals surface area contributed by atoms with Crippen LogP contribution in [0.15, 0.2) is 42.5 Å². The van der Waals surface area contributed by atoms with E-state index in [1.165, 1.54) is 31.4 Å². The predicted octanol–water partition coefficient (Wildman–Crippen LogP) is 3.25. The van der Waals surface area contributed by atoms with Crippen LogP contribution in [0.3, 0.4) is 0 Å². The molecule has 0 saturated carbocycles. The molecule has 100 valence electrons. The predicted molar refractivity (Wildman–Crippen MR) is 68.0 cm³/mol. The van der Waals surface area contributed by atoms with Crippen molar-refractivity contribution in [2.75, 3.05) is 7.11 Å². The highest BCUT2D eigenvalue weighted by Gasteiger charge is 2.12. The third-order valence-electron chi connectivity index (χ3n) is 2.90. The summed E-state index contributed by atoms with van der Waals surface area (Å²) in [6.45, 7) is 0. The topological polar surface area (TPSA) is 29.5 Å². The quantitative estimate of drug-likeness (QED) is 0.918. The molecule has 0 amide bonds. The standard InChI is InChI=1S/C15H14F2O2/c1-19-15-7-4-11(9-13(15)17)14(18)8-10-2-5-12(16)6-3-10/h2-7,9,14,18H,8H2,1H3. The summed E-state index contributed by atoms with van der Waals surface area (Å²) in [5, 5.41) is 10.0. The molecule has 1 N–H and O–H groups in total. The molecule has 4 heteroatoms. The lowest BCUT2D eigenvalue weighted by molar-refractivity contribution is 0.178. The van der Waals surface area contributed by atoms with Crippen LogP contribution in [0, 0.1) is 11.6 Å². The second-order valence-corrected chi connectivity index (χ2v) is 4.24. The van der Waals surface area contributed by atoms with Crippen LogP contribution >= 0.6 is 0 Å². The van der Waals surface area contributed by atoms with Gasteiger partial charge >= 0.3 is 0 Å². The Kier molecular flexibility index (Phi) is 4.12. The number of benzene rings is 2. The van der Waals surface area contributed by atoms with Gasteiger partial charge in [-0.15, -0.1) is 0 Å². The molecule has 0 fully saturated rings. The van der Waals surface area contributed by atoms with Crippen LogP contribution in [0.25, 0.3) is 0 Å². The van der Waals surface area contributed by atoms with Gasteiger partial charge < -0.3 is 9.84 Å². The van der Waals surface area contributed by atoms with Gasteiger partial charge in [-0.3, -0.25) is 0 Å². The van der Waals surface area contributed by atoms with Crippen molar-refractivity contribution in [2.24, 2.45) is 0 Å². The molecular formula is C15H14F2O2. The zero-order valence-electron chi connectivity index (χ0n) is 10.4. The minimum absolute atomic E-state index is 0.137. The lowest BCUT2D eigenvalue weighted by Gasteiger charge is -2.12. The largest absolute Gasteiger partial charge is 0.494 e. The Morgan fingerprint density at radius 1 is 1.11 bits per heavy atom. The molecule has 0 aliphatic carbocycles. The number of ether oxygens (including phenoxy) is 1. The highest BCUT2D eigenvalue weighted by atomic mass is 19.1. The van der Waals surface area contributed by atoms with Crippen LogP contribution in [0.5, 0.6) is 5.75 Å². The Hall–Kier alpha value is -1.94. The van der Waals surface area contributed by atoms with Gasteiger partial charge in [-0.25, -0.2) is 8.78 Å². The van der Waals surface area contributed by atoms with E-state index in [0.29, 0.717) is 12.0 Å². The Labute approximate surface area is 110 Å². The minimum atomic E-state index is -0.842. The molecule has 0 saturated heterocycles. The van der Waals surface area contributed by atoms with Crippen LogP contribution in [0.4, 0.5) is 8.78 Å². The van der Waals surface area contributed by atoms with Gasteiger partial charge in [-0.1, -0.05) is 18.2 Å². The van der Waals surface area contributed by atoms with Crippen LogP contribution in [0.1, 0.15) is 17.2 Å². The maximum Gasteiger partial charge on any atom is 0.165 e. The molecule has 0 radical (unpaired) electrons. The van der Waals surface area contributed by atoms with E-state index < -0.39 is 11.9 Å². The van der Waals surface area contributed by atoms with Gasteiger partial charge in [0.05, 0.1) is 13.2 Å². The van der Waals surface area contributed by atoms with E-state index in [1.807, 2.05) is 0 Å². The fraction of sp³-hybridized carbons (Fsp3) is 0.200. The number of rotatable bonds is 4. The van der Waals surface area contributed by atoms with Crippen LogP contribution < -0.4 is 4.74 Å². The number of hydrogen-bond acceptors (Lipinski definition) is 2. The molecule has 0 heterocycles. The maximum absolute atomic E-state index is 13.5. The van der Waals surface area contributed by atoms with Gasteiger partial charge in [0.25, 0.3) is 0 Å². The van der Waals surface area contributed by atoms with E-state index >= 15 is 0 Å². The van der Waals surface area contributed by atoms with Crippen LogP contribution in [-0.4, -0.2) is 12.2 Å². The van der Waals surface area contributed by atoms with Gasteiger partial charge in [0.2, 0.25) is 0 Å². The van der Waals surface area contributed by atoms with E-state index in [0.717, 1.165) is 5.56 Å². The van der Waals surface area contributed by atoms with Crippen molar-refractivity contribution >= 4 is 0 Å². The third-order valence-corrected chi connectivity index (χ3v) is 2.90. The summed E-state index contributed by atoms with van der Waals surface area (Å²) in [5.74, 6) is -0.704. The van der Waals surface area contributed by atoms with Gasteiger partial charge in [0.1, 0.15) is 5.82 Å². The summed E-state index contributed by atoms with van der Waals surface area (Å²) in [6, 6.07) is 10.2. The summed E-state index contributed by atoms with van der Waals surface area (Å²) >= 11 is 0. The minimum Gasteiger partial charge on any atom is -0.494 e. The maximum atomic E-state index is 13.5. The molecule has 0 aliphatic rings. The first kappa shape index (κ1) is 13.5. The molecule has 2 aromatic rings. The average Bonchev–Trinajstić information content (AvgIpc) is 2.41. The molecule has 19 heavy (non-hydrogen) atoms. The smallest absolute Gasteiger partial charge is 0.165 e. The van der Waals surface area contributed by atoms with Gasteiger partial charge in [0, 0.05) is 6.42 Å². The van der Waals surface area contributed by atoms with Gasteiger partial charge in [-0.2, -0.15) is 0 Å². The summed E-state index contributed by atoms with van der Waals surface area (Å²) in [6.07, 6.45) is -0.544. The fourth-order valence-corrected chi connectivity index (χ4v) is 1.85. The summed E-state index contributed by atoms with van der Waals surface area (Å²) in [5.41, 5.74) is 1.24. The fourth-order valence-electron chi connectivity index (χ4n) is 1.85. The summed E-state index contributed by atoms with van der Waals surface area (Å²) in [7, 11) is 1.38. The molecular weight excluding hydrogens is 250 g/mol. The van der Waals surface area contributed by atoms with Crippen molar-refractivity contribution in [2.45, 2.75) is 12.5 Å². The highest BCUT2D eigenvalue weighted by Crippen LogP contribution is 2.24. The first-order chi connectivity index (χ1) is 9.10. The number of aliphatic hydroxyl groups excluding tert-OH is 1. The van der Waals surface area contributed by atoms with Gasteiger partial charge in [-0.05, 0) is 35.4 Å². The normalized spacial score (nSPS) is 12.2. The molecule has 2 aromatic carbocycles. The zero-order valence-corrected chi connectivity index (χ0v) is 10.4. The Bertz CT molecular complexity index is 553. The lowest BCUT2D eigenvalue weighted by Crippen LogP contribution is -2.03. The molecule has 1 atom stereocenters.